The molecule has 0 unspecified atom stereocenters. The van der Waals surface area contributed by atoms with E-state index in [1.807, 2.05) is 36.0 Å². The van der Waals surface area contributed by atoms with Gasteiger partial charge in [0.2, 0.25) is 0 Å². The zero-order valence-electron chi connectivity index (χ0n) is 12.5. The first-order valence-corrected chi connectivity index (χ1v) is 8.29. The number of amides is 1. The predicted octanol–water partition coefficient (Wildman–Crippen LogP) is 2.07. The molecule has 2 N–H and O–H groups in total. The molecule has 3 rings (SSSR count). The number of carbonyl (C=O) groups excluding carboxylic acids is 1. The molecule has 22 heavy (non-hydrogen) atoms. The van der Waals surface area contributed by atoms with Crippen molar-refractivity contribution in [3.63, 3.8) is 0 Å². The molecule has 1 aromatic heterocycles. The van der Waals surface area contributed by atoms with Crippen molar-refractivity contribution in [2.45, 2.75) is 19.3 Å². The highest BCUT2D eigenvalue weighted by Gasteiger charge is 2.26. The normalized spacial score (nSPS) is 13.2. The number of benzene rings is 1. The summed E-state index contributed by atoms with van der Waals surface area (Å²) in [5.41, 5.74) is 3.82. The van der Waals surface area contributed by atoms with Crippen molar-refractivity contribution in [2.24, 2.45) is 0 Å². The van der Waals surface area contributed by atoms with Gasteiger partial charge in [-0.25, -0.2) is 4.68 Å². The van der Waals surface area contributed by atoms with E-state index in [-0.39, 0.29) is 5.91 Å². The summed E-state index contributed by atoms with van der Waals surface area (Å²) in [4.78, 5) is 12.4. The fourth-order valence-corrected chi connectivity index (χ4v) is 3.21. The zero-order valence-corrected chi connectivity index (χ0v) is 14.1. The van der Waals surface area contributed by atoms with E-state index in [1.165, 1.54) is 0 Å². The van der Waals surface area contributed by atoms with Gasteiger partial charge in [0.05, 0.1) is 5.69 Å². The van der Waals surface area contributed by atoms with Crippen LogP contribution in [0.4, 0.5) is 0 Å². The number of nitrogens with zero attached hydrogens (tertiary/aromatic N) is 2. The van der Waals surface area contributed by atoms with E-state index in [0.717, 1.165) is 47.2 Å². The van der Waals surface area contributed by atoms with Gasteiger partial charge in [0.15, 0.2) is 5.69 Å². The summed E-state index contributed by atoms with van der Waals surface area (Å²) in [7, 11) is 1.87. The van der Waals surface area contributed by atoms with Crippen molar-refractivity contribution < 1.29 is 4.79 Å². The van der Waals surface area contributed by atoms with Crippen molar-refractivity contribution in [1.29, 1.82) is 0 Å². The third-order valence-electron chi connectivity index (χ3n) is 3.86. The van der Waals surface area contributed by atoms with Crippen molar-refractivity contribution in [2.75, 3.05) is 20.1 Å². The van der Waals surface area contributed by atoms with Crippen LogP contribution in [-0.2, 0) is 12.8 Å². The highest BCUT2D eigenvalue weighted by molar-refractivity contribution is 9.10. The molecule has 0 spiro atoms. The first kappa shape index (κ1) is 15.2. The number of nitrogens with one attached hydrogen (secondary N) is 2. The second-order valence-electron chi connectivity index (χ2n) is 5.38. The summed E-state index contributed by atoms with van der Waals surface area (Å²) < 4.78 is 2.92. The zero-order chi connectivity index (χ0) is 15.5. The minimum absolute atomic E-state index is 0.0813. The molecule has 6 heteroatoms. The van der Waals surface area contributed by atoms with Crippen LogP contribution in [0.2, 0.25) is 0 Å². The third kappa shape index (κ3) is 2.94. The number of aromatic nitrogens is 2. The van der Waals surface area contributed by atoms with Gasteiger partial charge in [0.25, 0.3) is 5.91 Å². The topological polar surface area (TPSA) is 58.9 Å². The minimum atomic E-state index is -0.0813. The largest absolute Gasteiger partial charge is 0.349 e. The first-order chi connectivity index (χ1) is 10.7. The van der Waals surface area contributed by atoms with Gasteiger partial charge in [0.1, 0.15) is 0 Å². The second-order valence-corrected chi connectivity index (χ2v) is 6.29. The Morgan fingerprint density at radius 3 is 3.00 bits per heavy atom. The molecule has 1 amide bonds. The Hall–Kier alpha value is -1.66. The van der Waals surface area contributed by atoms with E-state index in [0.29, 0.717) is 12.2 Å². The van der Waals surface area contributed by atoms with E-state index in [2.05, 4.69) is 31.7 Å². The molecule has 5 nitrogen and oxygen atoms in total. The molecule has 1 aliphatic rings. The monoisotopic (exact) mass is 362 g/mol. The Bertz CT molecular complexity index is 695. The number of carbonyl (C=O) groups is 1. The van der Waals surface area contributed by atoms with Gasteiger partial charge in [-0.1, -0.05) is 22.0 Å². The molecule has 2 aromatic rings. The van der Waals surface area contributed by atoms with E-state index < -0.39 is 0 Å². The summed E-state index contributed by atoms with van der Waals surface area (Å²) in [6.07, 6.45) is 2.98. The Balaban J connectivity index is 1.93. The molecule has 0 saturated carbocycles. The molecule has 1 aliphatic carbocycles. The Labute approximate surface area is 138 Å². The van der Waals surface area contributed by atoms with E-state index in [4.69, 9.17) is 0 Å². The molecule has 0 fully saturated rings. The van der Waals surface area contributed by atoms with Gasteiger partial charge in [-0.2, -0.15) is 5.10 Å². The van der Waals surface area contributed by atoms with Crippen LogP contribution in [-0.4, -0.2) is 35.8 Å². The fourth-order valence-electron chi connectivity index (χ4n) is 2.83. The standard InChI is InChI=1S/C16H19BrN4O/c1-18-8-9-19-16(22)15-13-6-3-7-14(13)21(20-15)12-5-2-4-11(17)10-12/h2,4-5,10,18H,3,6-9H2,1H3,(H,19,22). The highest BCUT2D eigenvalue weighted by atomic mass is 79.9. The van der Waals surface area contributed by atoms with Gasteiger partial charge in [0, 0.05) is 28.8 Å². The summed E-state index contributed by atoms with van der Waals surface area (Å²) in [6, 6.07) is 8.00. The Morgan fingerprint density at radius 2 is 2.23 bits per heavy atom. The van der Waals surface area contributed by atoms with E-state index >= 15 is 0 Å². The maximum Gasteiger partial charge on any atom is 0.272 e. The number of hydrogen-bond acceptors (Lipinski definition) is 3. The van der Waals surface area contributed by atoms with Gasteiger partial charge >= 0.3 is 0 Å². The number of likely N-dealkylation sites (N-methyl/N-ethyl adjacent to an activating group) is 1. The molecular weight excluding hydrogens is 344 g/mol. The van der Waals surface area contributed by atoms with E-state index in [9.17, 15) is 4.79 Å². The van der Waals surface area contributed by atoms with Crippen LogP contribution in [0.5, 0.6) is 0 Å². The van der Waals surface area contributed by atoms with E-state index in [1.54, 1.807) is 0 Å². The quantitative estimate of drug-likeness (QED) is 0.800. The SMILES string of the molecule is CNCCNC(=O)c1nn(-c2cccc(Br)c2)c2c1CCC2. The summed E-state index contributed by atoms with van der Waals surface area (Å²) in [5.74, 6) is -0.0813. The smallest absolute Gasteiger partial charge is 0.272 e. The number of halogens is 1. The number of hydrogen-bond donors (Lipinski definition) is 2. The van der Waals surface area contributed by atoms with Crippen LogP contribution in [0.25, 0.3) is 5.69 Å². The van der Waals surface area contributed by atoms with Gasteiger partial charge in [-0.3, -0.25) is 4.79 Å². The average Bonchev–Trinajstić information content (AvgIpc) is 3.09. The van der Waals surface area contributed by atoms with Crippen molar-refractivity contribution >= 4 is 21.8 Å². The van der Waals surface area contributed by atoms with Crippen LogP contribution in [0.1, 0.15) is 28.2 Å². The van der Waals surface area contributed by atoms with Gasteiger partial charge < -0.3 is 10.6 Å². The summed E-state index contributed by atoms with van der Waals surface area (Å²) >= 11 is 3.49. The van der Waals surface area contributed by atoms with Crippen LogP contribution >= 0.6 is 15.9 Å². The minimum Gasteiger partial charge on any atom is -0.349 e. The lowest BCUT2D eigenvalue weighted by Gasteiger charge is -2.06. The van der Waals surface area contributed by atoms with Crippen molar-refractivity contribution in [3.8, 4) is 5.69 Å². The molecule has 0 radical (unpaired) electrons. The van der Waals surface area contributed by atoms with Gasteiger partial charge in [-0.15, -0.1) is 0 Å². The fraction of sp³-hybridized carbons (Fsp3) is 0.375. The molecule has 0 atom stereocenters. The lowest BCUT2D eigenvalue weighted by atomic mass is 10.2. The maximum absolute atomic E-state index is 12.4. The molecular formula is C16H19BrN4O. The average molecular weight is 363 g/mol. The van der Waals surface area contributed by atoms with Crippen molar-refractivity contribution in [1.82, 2.24) is 20.4 Å². The summed E-state index contributed by atoms with van der Waals surface area (Å²) in [6.45, 7) is 1.36. The summed E-state index contributed by atoms with van der Waals surface area (Å²) in [5, 5.41) is 10.5. The molecule has 1 aromatic carbocycles. The second kappa shape index (κ2) is 6.62. The van der Waals surface area contributed by atoms with Crippen LogP contribution in [0.3, 0.4) is 0 Å². The molecule has 0 bridgehead atoms. The Kier molecular flexibility index (Phi) is 4.59. The molecule has 0 aliphatic heterocycles. The number of rotatable bonds is 5. The van der Waals surface area contributed by atoms with Crippen LogP contribution in [0, 0.1) is 0 Å². The highest BCUT2D eigenvalue weighted by Crippen LogP contribution is 2.28. The van der Waals surface area contributed by atoms with Crippen LogP contribution < -0.4 is 10.6 Å². The maximum atomic E-state index is 12.4. The van der Waals surface area contributed by atoms with Crippen LogP contribution in [0.15, 0.2) is 28.7 Å². The first-order valence-electron chi connectivity index (χ1n) is 7.50. The van der Waals surface area contributed by atoms with Crippen molar-refractivity contribution in [3.05, 3.63) is 45.7 Å². The lowest BCUT2D eigenvalue weighted by molar-refractivity contribution is 0.0948. The Morgan fingerprint density at radius 1 is 1.36 bits per heavy atom. The lowest BCUT2D eigenvalue weighted by Crippen LogP contribution is -2.31. The predicted molar refractivity (Wildman–Crippen MR) is 89.5 cm³/mol. The molecule has 1 heterocycles. The molecule has 0 saturated heterocycles. The number of fused-ring (bicyclic) bond motifs is 1. The van der Waals surface area contributed by atoms with Gasteiger partial charge in [-0.05, 0) is 44.5 Å². The molecule has 116 valence electrons. The third-order valence-corrected chi connectivity index (χ3v) is 4.35.